The smallest absolute Gasteiger partial charge is 1.00 e. The predicted molar refractivity (Wildman–Crippen MR) is 77.4 cm³/mol. The number of carboxylic acids is 1. The molecule has 1 aromatic carbocycles. The molecule has 0 aliphatic heterocycles. The maximum absolute atomic E-state index is 11.4. The Morgan fingerprint density at radius 1 is 1.05 bits per heavy atom. The maximum atomic E-state index is 11.4. The Kier molecular flexibility index (Phi) is 6.67. The zero-order valence-corrected chi connectivity index (χ0v) is 14.9. The van der Waals surface area contributed by atoms with E-state index in [-0.39, 0.29) is 36.5 Å². The Bertz CT molecular complexity index is 659. The van der Waals surface area contributed by atoms with Gasteiger partial charge in [0.25, 0.3) is 0 Å². The van der Waals surface area contributed by atoms with Gasteiger partial charge in [-0.2, -0.15) is 0 Å². The molecule has 2 aromatic rings. The van der Waals surface area contributed by atoms with Crippen molar-refractivity contribution in [3.63, 3.8) is 0 Å². The van der Waals surface area contributed by atoms with Crippen LogP contribution in [0.15, 0.2) is 30.3 Å². The molecule has 0 saturated carbocycles. The first-order valence-corrected chi connectivity index (χ1v) is 6.10. The van der Waals surface area contributed by atoms with E-state index in [1.807, 2.05) is 0 Å². The van der Waals surface area contributed by atoms with Gasteiger partial charge in [0.1, 0.15) is 11.5 Å². The number of ether oxygens (including phenoxy) is 3. The van der Waals surface area contributed by atoms with Crippen molar-refractivity contribution in [2.45, 2.75) is 0 Å². The third-order valence-corrected chi connectivity index (χ3v) is 2.95. The first kappa shape index (κ1) is 18.3. The minimum absolute atomic E-state index is 0. The van der Waals surface area contributed by atoms with Crippen LogP contribution in [-0.2, 0) is 0 Å². The number of pyridine rings is 1. The number of carbonyl (C=O) groups is 1. The summed E-state index contributed by atoms with van der Waals surface area (Å²) in [6, 6.07) is 7.94. The van der Waals surface area contributed by atoms with Gasteiger partial charge in [-0.05, 0) is 18.2 Å². The summed E-state index contributed by atoms with van der Waals surface area (Å²) in [4.78, 5) is 15.6. The van der Waals surface area contributed by atoms with Crippen molar-refractivity contribution in [1.82, 2.24) is 4.98 Å². The summed E-state index contributed by atoms with van der Waals surface area (Å²) in [7, 11) is 4.51. The van der Waals surface area contributed by atoms with Gasteiger partial charge >= 0.3 is 35.5 Å². The summed E-state index contributed by atoms with van der Waals surface area (Å²) in [6.07, 6.45) is 0. The van der Waals surface area contributed by atoms with E-state index >= 15 is 0 Å². The average molecular weight is 313 g/mol. The SMILES string of the molecule is COc1cc(OC)nc(-c2cc(OC)ccc2C(=O)O)c1.[H-].[Na+]. The Labute approximate surface area is 151 Å². The normalized spacial score (nSPS) is 9.59. The fraction of sp³-hybridized carbons (Fsp3) is 0.200. The van der Waals surface area contributed by atoms with Crippen molar-refractivity contribution in [2.75, 3.05) is 21.3 Å². The number of carboxylic acid groups (broad SMARTS) is 1. The molecule has 0 amide bonds. The first-order valence-electron chi connectivity index (χ1n) is 6.10. The molecule has 22 heavy (non-hydrogen) atoms. The molecular weight excluding hydrogens is 297 g/mol. The molecular formula is C15H16NNaO5. The van der Waals surface area contributed by atoms with Gasteiger partial charge in [-0.25, -0.2) is 9.78 Å². The third kappa shape index (κ3) is 3.91. The van der Waals surface area contributed by atoms with Gasteiger partial charge in [0.2, 0.25) is 5.88 Å². The molecule has 0 radical (unpaired) electrons. The molecule has 0 spiro atoms. The van der Waals surface area contributed by atoms with Crippen LogP contribution in [0.1, 0.15) is 11.8 Å². The summed E-state index contributed by atoms with van der Waals surface area (Å²) in [5.41, 5.74) is 0.986. The van der Waals surface area contributed by atoms with Crippen molar-refractivity contribution in [3.05, 3.63) is 35.9 Å². The average Bonchev–Trinajstić information content (AvgIpc) is 2.53. The van der Waals surface area contributed by atoms with Crippen molar-refractivity contribution in [2.24, 2.45) is 0 Å². The molecule has 1 aromatic heterocycles. The van der Waals surface area contributed by atoms with Gasteiger partial charge in [0.15, 0.2) is 0 Å². The van der Waals surface area contributed by atoms with E-state index in [1.54, 1.807) is 24.3 Å². The van der Waals surface area contributed by atoms with E-state index in [1.165, 1.54) is 27.4 Å². The molecule has 0 aliphatic rings. The number of nitrogens with zero attached hydrogens (tertiary/aromatic N) is 1. The van der Waals surface area contributed by atoms with Crippen molar-refractivity contribution < 1.29 is 55.1 Å². The van der Waals surface area contributed by atoms with Crippen LogP contribution in [0.3, 0.4) is 0 Å². The molecule has 1 N–H and O–H groups in total. The molecule has 0 saturated heterocycles. The maximum Gasteiger partial charge on any atom is 1.00 e. The fourth-order valence-corrected chi connectivity index (χ4v) is 1.89. The first-order chi connectivity index (χ1) is 10.1. The second-order valence-corrected chi connectivity index (χ2v) is 4.15. The van der Waals surface area contributed by atoms with Gasteiger partial charge in [0, 0.05) is 17.7 Å². The summed E-state index contributed by atoms with van der Waals surface area (Å²) < 4.78 is 15.4. The summed E-state index contributed by atoms with van der Waals surface area (Å²) in [5, 5.41) is 9.31. The number of benzene rings is 1. The number of aromatic carboxylic acids is 1. The van der Waals surface area contributed by atoms with Gasteiger partial charge in [-0.1, -0.05) is 0 Å². The molecule has 0 aliphatic carbocycles. The van der Waals surface area contributed by atoms with Crippen molar-refractivity contribution in [1.29, 1.82) is 0 Å². The van der Waals surface area contributed by atoms with Gasteiger partial charge in [-0.3, -0.25) is 0 Å². The van der Waals surface area contributed by atoms with Crippen molar-refractivity contribution in [3.8, 4) is 28.6 Å². The molecule has 1 heterocycles. The van der Waals surface area contributed by atoms with E-state index in [2.05, 4.69) is 4.98 Å². The zero-order valence-electron chi connectivity index (χ0n) is 13.9. The minimum Gasteiger partial charge on any atom is -1.00 e. The Hall–Kier alpha value is -1.76. The van der Waals surface area contributed by atoms with E-state index in [9.17, 15) is 9.90 Å². The molecule has 6 nitrogen and oxygen atoms in total. The van der Waals surface area contributed by atoms with Crippen LogP contribution >= 0.6 is 0 Å². The second kappa shape index (κ2) is 8.03. The molecule has 7 heteroatoms. The molecule has 2 rings (SSSR count). The van der Waals surface area contributed by atoms with Crippen LogP contribution in [0.2, 0.25) is 0 Å². The molecule has 0 unspecified atom stereocenters. The van der Waals surface area contributed by atoms with Crippen LogP contribution in [0.5, 0.6) is 17.4 Å². The van der Waals surface area contributed by atoms with Crippen LogP contribution < -0.4 is 43.8 Å². The summed E-state index contributed by atoms with van der Waals surface area (Å²) in [6.45, 7) is 0. The Morgan fingerprint density at radius 2 is 1.73 bits per heavy atom. The molecule has 112 valence electrons. The molecule has 0 fully saturated rings. The topological polar surface area (TPSA) is 77.9 Å². The second-order valence-electron chi connectivity index (χ2n) is 4.15. The van der Waals surface area contributed by atoms with Crippen LogP contribution in [-0.4, -0.2) is 37.4 Å². The van der Waals surface area contributed by atoms with E-state index in [0.29, 0.717) is 28.6 Å². The number of rotatable bonds is 5. The predicted octanol–water partition coefficient (Wildman–Crippen LogP) is -0.411. The third-order valence-electron chi connectivity index (χ3n) is 2.95. The van der Waals surface area contributed by atoms with Gasteiger partial charge in [0.05, 0.1) is 32.6 Å². The van der Waals surface area contributed by atoms with Gasteiger partial charge < -0.3 is 20.7 Å². The van der Waals surface area contributed by atoms with Crippen LogP contribution in [0.25, 0.3) is 11.3 Å². The Morgan fingerprint density at radius 3 is 2.27 bits per heavy atom. The standard InChI is InChI=1S/C15H15NO5.Na.H/c1-19-9-4-5-11(15(17)18)12(6-9)13-7-10(20-2)8-14(16-13)21-3;;/h4-8H,1-3H3,(H,17,18);;/q;+1;-1. The summed E-state index contributed by atoms with van der Waals surface area (Å²) in [5.74, 6) is 0.356. The number of hydrogen-bond acceptors (Lipinski definition) is 5. The zero-order chi connectivity index (χ0) is 15.4. The van der Waals surface area contributed by atoms with Crippen molar-refractivity contribution >= 4 is 5.97 Å². The molecule has 0 atom stereocenters. The minimum atomic E-state index is -1.05. The Balaban J connectivity index is 0.00000242. The van der Waals surface area contributed by atoms with Crippen LogP contribution in [0, 0.1) is 0 Å². The van der Waals surface area contributed by atoms with E-state index < -0.39 is 5.97 Å². The summed E-state index contributed by atoms with van der Waals surface area (Å²) >= 11 is 0. The fourth-order valence-electron chi connectivity index (χ4n) is 1.89. The largest absolute Gasteiger partial charge is 1.00 e. The number of methoxy groups -OCH3 is 3. The van der Waals surface area contributed by atoms with E-state index in [0.717, 1.165) is 0 Å². The quantitative estimate of drug-likeness (QED) is 0.756. The number of hydrogen-bond donors (Lipinski definition) is 1. The number of aromatic nitrogens is 1. The van der Waals surface area contributed by atoms with E-state index in [4.69, 9.17) is 14.2 Å². The monoisotopic (exact) mass is 313 g/mol. The molecule has 0 bridgehead atoms. The van der Waals surface area contributed by atoms with Gasteiger partial charge in [-0.15, -0.1) is 0 Å². The van der Waals surface area contributed by atoms with Crippen LogP contribution in [0.4, 0.5) is 0 Å².